The normalized spacial score (nSPS) is 12.9. The largest absolute Gasteiger partial charge is 0.497 e. The number of hydrogen-bond acceptors (Lipinski definition) is 5. The first-order valence-electron chi connectivity index (χ1n) is 9.91. The van der Waals surface area contributed by atoms with E-state index in [1.165, 1.54) is 0 Å². The monoisotopic (exact) mass is 397 g/mol. The summed E-state index contributed by atoms with van der Waals surface area (Å²) in [5.74, 6) is 1.02. The highest BCUT2D eigenvalue weighted by Gasteiger charge is 2.32. The second kappa shape index (κ2) is 10.5. The molecule has 1 amide bonds. The van der Waals surface area contributed by atoms with Gasteiger partial charge < -0.3 is 19.1 Å². The van der Waals surface area contributed by atoms with Gasteiger partial charge in [0.25, 0.3) is 5.91 Å². The summed E-state index contributed by atoms with van der Waals surface area (Å²) in [5, 5.41) is 0. The van der Waals surface area contributed by atoms with Gasteiger partial charge in [0, 0.05) is 19.0 Å². The van der Waals surface area contributed by atoms with E-state index in [2.05, 4.69) is 0 Å². The molecule has 0 radical (unpaired) electrons. The van der Waals surface area contributed by atoms with Crippen LogP contribution in [0.2, 0.25) is 0 Å². The average molecular weight is 397 g/mol. The molecule has 3 rings (SSSR count). The topological polar surface area (TPSA) is 65.1 Å². The Morgan fingerprint density at radius 3 is 2.38 bits per heavy atom. The molecule has 6 nitrogen and oxygen atoms in total. The predicted molar refractivity (Wildman–Crippen MR) is 109 cm³/mol. The third kappa shape index (κ3) is 6.82. The van der Waals surface area contributed by atoms with Crippen LogP contribution >= 0.6 is 0 Å². The summed E-state index contributed by atoms with van der Waals surface area (Å²) in [7, 11) is 1.62. The zero-order chi connectivity index (χ0) is 20.5. The highest BCUT2D eigenvalue weighted by Crippen LogP contribution is 2.29. The lowest BCUT2D eigenvalue weighted by atomic mass is 10.2. The number of hydrogen-bond donors (Lipinski definition) is 0. The van der Waals surface area contributed by atoms with Gasteiger partial charge in [0.1, 0.15) is 11.5 Å². The van der Waals surface area contributed by atoms with Crippen LogP contribution in [0.5, 0.6) is 11.5 Å². The van der Waals surface area contributed by atoms with Gasteiger partial charge in [-0.1, -0.05) is 30.3 Å². The first-order valence-corrected chi connectivity index (χ1v) is 9.91. The van der Waals surface area contributed by atoms with Gasteiger partial charge in [-0.05, 0) is 49.1 Å². The number of esters is 1. The van der Waals surface area contributed by atoms with Crippen molar-refractivity contribution < 1.29 is 23.8 Å². The average Bonchev–Trinajstić information content (AvgIpc) is 3.60. The second-order valence-corrected chi connectivity index (χ2v) is 7.03. The van der Waals surface area contributed by atoms with Crippen molar-refractivity contribution in [2.75, 3.05) is 20.3 Å². The molecule has 154 valence electrons. The van der Waals surface area contributed by atoms with Crippen LogP contribution in [-0.4, -0.2) is 43.1 Å². The molecule has 0 unspecified atom stereocenters. The summed E-state index contributed by atoms with van der Waals surface area (Å²) in [6.45, 7) is 0.722. The van der Waals surface area contributed by atoms with Gasteiger partial charge in [0.15, 0.2) is 6.61 Å². The van der Waals surface area contributed by atoms with Crippen LogP contribution in [0.1, 0.15) is 31.2 Å². The van der Waals surface area contributed by atoms with E-state index < -0.39 is 0 Å². The summed E-state index contributed by atoms with van der Waals surface area (Å²) in [4.78, 5) is 26.3. The number of carbonyl (C=O) groups is 2. The van der Waals surface area contributed by atoms with E-state index in [-0.39, 0.29) is 30.9 Å². The van der Waals surface area contributed by atoms with Crippen molar-refractivity contribution in [2.45, 2.75) is 38.3 Å². The number of nitrogens with zero attached hydrogens (tertiary/aromatic N) is 1. The van der Waals surface area contributed by atoms with Crippen LogP contribution in [0, 0.1) is 0 Å². The second-order valence-electron chi connectivity index (χ2n) is 7.03. The summed E-state index contributed by atoms with van der Waals surface area (Å²) < 4.78 is 15.9. The van der Waals surface area contributed by atoms with Crippen molar-refractivity contribution in [2.24, 2.45) is 0 Å². The number of carbonyl (C=O) groups excluding carboxylic acids is 2. The van der Waals surface area contributed by atoms with Crippen molar-refractivity contribution in [3.8, 4) is 11.5 Å². The number of ether oxygens (including phenoxy) is 3. The third-order valence-electron chi connectivity index (χ3n) is 4.71. The molecule has 29 heavy (non-hydrogen) atoms. The van der Waals surface area contributed by atoms with Crippen LogP contribution < -0.4 is 9.47 Å². The fraction of sp³-hybridized carbons (Fsp3) is 0.391. The van der Waals surface area contributed by atoms with E-state index in [0.717, 1.165) is 29.9 Å². The molecule has 0 heterocycles. The molecule has 0 N–H and O–H groups in total. The maximum absolute atomic E-state index is 12.6. The molecule has 6 heteroatoms. The molecule has 2 aromatic carbocycles. The lowest BCUT2D eigenvalue weighted by molar-refractivity contribution is -0.152. The van der Waals surface area contributed by atoms with Crippen molar-refractivity contribution >= 4 is 11.9 Å². The smallest absolute Gasteiger partial charge is 0.306 e. The zero-order valence-electron chi connectivity index (χ0n) is 16.7. The van der Waals surface area contributed by atoms with Crippen molar-refractivity contribution in [1.29, 1.82) is 0 Å². The van der Waals surface area contributed by atoms with Gasteiger partial charge in [0.05, 0.1) is 13.7 Å². The first kappa shape index (κ1) is 20.7. The Morgan fingerprint density at radius 2 is 1.72 bits per heavy atom. The minimum Gasteiger partial charge on any atom is -0.497 e. The molecule has 0 spiro atoms. The standard InChI is InChI=1S/C23H27NO5/c1-27-20-13-9-18(10-14-20)16-24(19-11-12-19)22(25)17-29-23(26)8-5-15-28-21-6-3-2-4-7-21/h2-4,6-7,9-10,13-14,19H,5,8,11-12,15-17H2,1H3. The third-order valence-corrected chi connectivity index (χ3v) is 4.71. The van der Waals surface area contributed by atoms with Crippen molar-refractivity contribution in [3.05, 3.63) is 60.2 Å². The van der Waals surface area contributed by atoms with Crippen molar-refractivity contribution in [1.82, 2.24) is 4.90 Å². The molecule has 0 saturated heterocycles. The fourth-order valence-corrected chi connectivity index (χ4v) is 2.96. The molecule has 1 fully saturated rings. The van der Waals surface area contributed by atoms with Gasteiger partial charge in [-0.3, -0.25) is 9.59 Å². The Morgan fingerprint density at radius 1 is 1.00 bits per heavy atom. The Labute approximate surface area is 171 Å². The van der Waals surface area contributed by atoms with E-state index >= 15 is 0 Å². The number of amides is 1. The Balaban J connectivity index is 1.38. The first-order chi connectivity index (χ1) is 14.2. The molecule has 2 aromatic rings. The summed E-state index contributed by atoms with van der Waals surface area (Å²) in [6, 6.07) is 17.3. The van der Waals surface area contributed by atoms with Crippen LogP contribution in [0.25, 0.3) is 0 Å². The molecule has 1 aliphatic carbocycles. The van der Waals surface area contributed by atoms with E-state index in [4.69, 9.17) is 14.2 Å². The Kier molecular flexibility index (Phi) is 7.50. The highest BCUT2D eigenvalue weighted by molar-refractivity contribution is 5.81. The summed E-state index contributed by atoms with van der Waals surface area (Å²) in [6.07, 6.45) is 2.75. The number of benzene rings is 2. The molecular weight excluding hydrogens is 370 g/mol. The molecule has 1 saturated carbocycles. The van der Waals surface area contributed by atoms with Gasteiger partial charge in [-0.15, -0.1) is 0 Å². The summed E-state index contributed by atoms with van der Waals surface area (Å²) >= 11 is 0. The van der Waals surface area contributed by atoms with Gasteiger partial charge >= 0.3 is 5.97 Å². The van der Waals surface area contributed by atoms with E-state index in [1.54, 1.807) is 12.0 Å². The Hall–Kier alpha value is -3.02. The maximum Gasteiger partial charge on any atom is 0.306 e. The van der Waals surface area contributed by atoms with Gasteiger partial charge in [-0.25, -0.2) is 0 Å². The van der Waals surface area contributed by atoms with E-state index in [9.17, 15) is 9.59 Å². The van der Waals surface area contributed by atoms with Crippen LogP contribution in [0.4, 0.5) is 0 Å². The van der Waals surface area contributed by atoms with Gasteiger partial charge in [-0.2, -0.15) is 0 Å². The highest BCUT2D eigenvalue weighted by atomic mass is 16.5. The minimum atomic E-state index is -0.379. The number of para-hydroxylation sites is 1. The zero-order valence-corrected chi connectivity index (χ0v) is 16.7. The molecule has 0 aliphatic heterocycles. The maximum atomic E-state index is 12.6. The SMILES string of the molecule is COc1ccc(CN(C(=O)COC(=O)CCCOc2ccccc2)C2CC2)cc1. The molecule has 1 aliphatic rings. The van der Waals surface area contributed by atoms with Crippen LogP contribution in [0.15, 0.2) is 54.6 Å². The minimum absolute atomic E-state index is 0.155. The van der Waals surface area contributed by atoms with E-state index in [0.29, 0.717) is 19.6 Å². The van der Waals surface area contributed by atoms with Crippen LogP contribution in [-0.2, 0) is 20.9 Å². The van der Waals surface area contributed by atoms with Crippen LogP contribution in [0.3, 0.4) is 0 Å². The Bertz CT molecular complexity index is 787. The number of methoxy groups -OCH3 is 1. The quantitative estimate of drug-likeness (QED) is 0.428. The number of rotatable bonds is 11. The van der Waals surface area contributed by atoms with Crippen molar-refractivity contribution in [3.63, 3.8) is 0 Å². The fourth-order valence-electron chi connectivity index (χ4n) is 2.96. The molecule has 0 aromatic heterocycles. The lowest BCUT2D eigenvalue weighted by Gasteiger charge is -2.22. The molecule has 0 atom stereocenters. The predicted octanol–water partition coefficient (Wildman–Crippen LogP) is 3.59. The van der Waals surface area contributed by atoms with Gasteiger partial charge in [0.2, 0.25) is 0 Å². The summed E-state index contributed by atoms with van der Waals surface area (Å²) in [5.41, 5.74) is 1.02. The molecular formula is C23H27NO5. The molecule has 0 bridgehead atoms. The lowest BCUT2D eigenvalue weighted by Crippen LogP contribution is -2.36. The van der Waals surface area contributed by atoms with E-state index in [1.807, 2.05) is 54.6 Å².